The van der Waals surface area contributed by atoms with Crippen LogP contribution in [0.25, 0.3) is 0 Å². The van der Waals surface area contributed by atoms with E-state index in [0.717, 1.165) is 40.9 Å². The number of rotatable bonds is 2. The molecular formula is C23H23BrN2O4. The van der Waals surface area contributed by atoms with Gasteiger partial charge in [-0.15, -0.1) is 0 Å². The lowest BCUT2D eigenvalue weighted by Crippen LogP contribution is -2.46. The van der Waals surface area contributed by atoms with Crippen LogP contribution in [0.2, 0.25) is 0 Å². The minimum Gasteiger partial charge on any atom is -0.490 e. The zero-order valence-electron chi connectivity index (χ0n) is 16.8. The Balaban J connectivity index is 1.42. The highest BCUT2D eigenvalue weighted by Gasteiger charge is 2.45. The Hall–Kier alpha value is -2.38. The molecule has 0 radical (unpaired) electrons. The molecule has 0 aliphatic carbocycles. The lowest BCUT2D eigenvalue weighted by Gasteiger charge is -2.38. The fourth-order valence-electron chi connectivity index (χ4n) is 4.66. The van der Waals surface area contributed by atoms with Crippen molar-refractivity contribution in [3.63, 3.8) is 0 Å². The van der Waals surface area contributed by atoms with Crippen molar-refractivity contribution in [2.75, 3.05) is 24.7 Å². The first-order chi connectivity index (χ1) is 14.5. The minimum atomic E-state index is -0.444. The molecule has 0 bridgehead atoms. The van der Waals surface area contributed by atoms with Crippen LogP contribution >= 0.6 is 15.9 Å². The van der Waals surface area contributed by atoms with Crippen LogP contribution in [-0.2, 0) is 16.0 Å². The largest absolute Gasteiger partial charge is 0.490 e. The third-order valence-electron chi connectivity index (χ3n) is 6.20. The van der Waals surface area contributed by atoms with E-state index >= 15 is 0 Å². The number of fused-ring (bicyclic) bond motifs is 2. The van der Waals surface area contributed by atoms with E-state index in [1.807, 2.05) is 12.1 Å². The topological polar surface area (TPSA) is 59.1 Å². The SMILES string of the molecule is C[C@@H]1c2cc3c(cc2CCN1[C@H]1CC(=O)N(c2ccc(Br)cc2)C1=O)OCCCO3. The van der Waals surface area contributed by atoms with Crippen molar-refractivity contribution in [3.05, 3.63) is 52.0 Å². The molecule has 2 atom stereocenters. The second-order valence-electron chi connectivity index (χ2n) is 7.98. The summed E-state index contributed by atoms with van der Waals surface area (Å²) in [6.07, 6.45) is 1.89. The third-order valence-corrected chi connectivity index (χ3v) is 6.73. The molecular weight excluding hydrogens is 448 g/mol. The first kappa shape index (κ1) is 19.6. The highest BCUT2D eigenvalue weighted by Crippen LogP contribution is 2.41. The summed E-state index contributed by atoms with van der Waals surface area (Å²) in [6, 6.07) is 11.0. The van der Waals surface area contributed by atoms with Crippen LogP contribution in [-0.4, -0.2) is 42.5 Å². The van der Waals surface area contributed by atoms with Crippen LogP contribution in [0.15, 0.2) is 40.9 Å². The Labute approximate surface area is 183 Å². The quantitative estimate of drug-likeness (QED) is 0.623. The number of carbonyl (C=O) groups is 2. The van der Waals surface area contributed by atoms with Crippen molar-refractivity contribution in [1.82, 2.24) is 4.90 Å². The molecule has 0 aromatic heterocycles. The van der Waals surface area contributed by atoms with Gasteiger partial charge in [-0.1, -0.05) is 15.9 Å². The number of amides is 2. The molecule has 3 aliphatic rings. The first-order valence-electron chi connectivity index (χ1n) is 10.3. The summed E-state index contributed by atoms with van der Waals surface area (Å²) in [7, 11) is 0. The van der Waals surface area contributed by atoms with Crippen molar-refractivity contribution in [2.24, 2.45) is 0 Å². The average molecular weight is 471 g/mol. The Morgan fingerprint density at radius 3 is 2.47 bits per heavy atom. The third kappa shape index (κ3) is 3.30. The van der Waals surface area contributed by atoms with Gasteiger partial charge in [-0.25, -0.2) is 4.90 Å². The number of nitrogens with zero attached hydrogens (tertiary/aromatic N) is 2. The van der Waals surface area contributed by atoms with E-state index in [2.05, 4.69) is 39.9 Å². The molecule has 0 saturated carbocycles. The normalized spacial score (nSPS) is 24.0. The molecule has 3 aliphatic heterocycles. The second-order valence-corrected chi connectivity index (χ2v) is 8.89. The maximum atomic E-state index is 13.2. The number of halogens is 1. The van der Waals surface area contributed by atoms with Crippen molar-refractivity contribution < 1.29 is 19.1 Å². The lowest BCUT2D eigenvalue weighted by molar-refractivity contribution is -0.123. The molecule has 7 heteroatoms. The summed E-state index contributed by atoms with van der Waals surface area (Å²) in [5, 5.41) is 0. The molecule has 2 aromatic carbocycles. The van der Waals surface area contributed by atoms with Crippen molar-refractivity contribution >= 4 is 33.4 Å². The summed E-state index contributed by atoms with van der Waals surface area (Å²) in [4.78, 5) is 29.5. The van der Waals surface area contributed by atoms with Crippen LogP contribution in [0, 0.1) is 0 Å². The predicted molar refractivity (Wildman–Crippen MR) is 116 cm³/mol. The maximum Gasteiger partial charge on any atom is 0.251 e. The number of hydrogen-bond acceptors (Lipinski definition) is 5. The van der Waals surface area contributed by atoms with Gasteiger partial charge in [0, 0.05) is 23.5 Å². The van der Waals surface area contributed by atoms with Gasteiger partial charge >= 0.3 is 0 Å². The molecule has 5 rings (SSSR count). The number of carbonyl (C=O) groups excluding carboxylic acids is 2. The zero-order valence-corrected chi connectivity index (χ0v) is 18.4. The van der Waals surface area contributed by atoms with Gasteiger partial charge in [0.15, 0.2) is 11.5 Å². The predicted octanol–water partition coefficient (Wildman–Crippen LogP) is 3.86. The highest BCUT2D eigenvalue weighted by molar-refractivity contribution is 9.10. The molecule has 30 heavy (non-hydrogen) atoms. The number of anilines is 1. The smallest absolute Gasteiger partial charge is 0.251 e. The summed E-state index contributed by atoms with van der Waals surface area (Å²) >= 11 is 3.40. The lowest BCUT2D eigenvalue weighted by atomic mass is 9.91. The summed E-state index contributed by atoms with van der Waals surface area (Å²) in [5.41, 5.74) is 2.99. The molecule has 3 heterocycles. The summed E-state index contributed by atoms with van der Waals surface area (Å²) < 4.78 is 12.6. The van der Waals surface area contributed by atoms with E-state index in [1.165, 1.54) is 10.5 Å². The van der Waals surface area contributed by atoms with Crippen LogP contribution in [0.1, 0.15) is 36.9 Å². The molecule has 2 amide bonds. The molecule has 2 aromatic rings. The average Bonchev–Trinajstić information content (AvgIpc) is 2.90. The Kier molecular flexibility index (Phi) is 5.03. The van der Waals surface area contributed by atoms with Gasteiger partial charge in [-0.2, -0.15) is 0 Å². The monoisotopic (exact) mass is 470 g/mol. The van der Waals surface area contributed by atoms with Gasteiger partial charge in [0.2, 0.25) is 5.91 Å². The van der Waals surface area contributed by atoms with E-state index in [9.17, 15) is 9.59 Å². The van der Waals surface area contributed by atoms with Crippen molar-refractivity contribution in [1.29, 1.82) is 0 Å². The van der Waals surface area contributed by atoms with Crippen LogP contribution in [0.3, 0.4) is 0 Å². The number of benzene rings is 2. The van der Waals surface area contributed by atoms with Crippen LogP contribution in [0.5, 0.6) is 11.5 Å². The van der Waals surface area contributed by atoms with E-state index in [0.29, 0.717) is 18.9 Å². The van der Waals surface area contributed by atoms with Crippen molar-refractivity contribution in [2.45, 2.75) is 38.3 Å². The Morgan fingerprint density at radius 2 is 1.73 bits per heavy atom. The molecule has 0 unspecified atom stereocenters. The van der Waals surface area contributed by atoms with Gasteiger partial charge in [0.25, 0.3) is 5.91 Å². The standard InChI is InChI=1S/C23H23BrN2O4/c1-14-18-12-21-20(29-9-2-10-30-21)11-15(18)7-8-25(14)19-13-22(27)26(23(19)28)17-5-3-16(24)4-6-17/h3-6,11-12,14,19H,2,7-10,13H2,1H3/t14-,19+/m1/s1. The van der Waals surface area contributed by atoms with Gasteiger partial charge in [0.1, 0.15) is 0 Å². The molecule has 6 nitrogen and oxygen atoms in total. The van der Waals surface area contributed by atoms with Gasteiger partial charge in [0.05, 0.1) is 31.4 Å². The van der Waals surface area contributed by atoms with Crippen molar-refractivity contribution in [3.8, 4) is 11.5 Å². The van der Waals surface area contributed by atoms with Gasteiger partial charge in [-0.3, -0.25) is 14.5 Å². The Morgan fingerprint density at radius 1 is 1.03 bits per heavy atom. The van der Waals surface area contributed by atoms with Crippen LogP contribution in [0.4, 0.5) is 5.69 Å². The molecule has 1 saturated heterocycles. The van der Waals surface area contributed by atoms with E-state index < -0.39 is 6.04 Å². The Bertz CT molecular complexity index is 1010. The van der Waals surface area contributed by atoms with E-state index in [4.69, 9.17) is 9.47 Å². The van der Waals surface area contributed by atoms with E-state index in [-0.39, 0.29) is 24.3 Å². The molecule has 1 fully saturated rings. The summed E-state index contributed by atoms with van der Waals surface area (Å²) in [5.74, 6) is 1.28. The van der Waals surface area contributed by atoms with Crippen LogP contribution < -0.4 is 14.4 Å². The number of imide groups is 1. The second kappa shape index (κ2) is 7.71. The first-order valence-corrected chi connectivity index (χ1v) is 11.1. The molecule has 0 N–H and O–H groups in total. The molecule has 156 valence electrons. The summed E-state index contributed by atoms with van der Waals surface area (Å²) in [6.45, 7) is 4.13. The van der Waals surface area contributed by atoms with E-state index in [1.54, 1.807) is 12.1 Å². The van der Waals surface area contributed by atoms with Gasteiger partial charge in [-0.05, 0) is 60.9 Å². The zero-order chi connectivity index (χ0) is 20.8. The minimum absolute atomic E-state index is 0.0116. The van der Waals surface area contributed by atoms with Gasteiger partial charge < -0.3 is 9.47 Å². The number of hydrogen-bond donors (Lipinski definition) is 0. The highest BCUT2D eigenvalue weighted by atomic mass is 79.9. The molecule has 0 spiro atoms. The maximum absolute atomic E-state index is 13.2. The fourth-order valence-corrected chi connectivity index (χ4v) is 4.92. The number of ether oxygens (including phenoxy) is 2. The fraction of sp³-hybridized carbons (Fsp3) is 0.391.